The van der Waals surface area contributed by atoms with Crippen molar-refractivity contribution in [3.05, 3.63) is 59.8 Å². The average Bonchev–Trinajstić information content (AvgIpc) is 3.73. The molecule has 1 saturated heterocycles. The quantitative estimate of drug-likeness (QED) is 0.168. The van der Waals surface area contributed by atoms with Crippen LogP contribution in [0.2, 0.25) is 0 Å². The van der Waals surface area contributed by atoms with Crippen molar-refractivity contribution in [2.75, 3.05) is 25.0 Å². The molecule has 4 heterocycles. The summed E-state index contributed by atoms with van der Waals surface area (Å²) in [6.45, 7) is 2.35. The molecule has 16 heteroatoms. The third kappa shape index (κ3) is 6.48. The van der Waals surface area contributed by atoms with Gasteiger partial charge in [0.25, 0.3) is 5.91 Å². The number of rotatable bonds is 10. The molecule has 1 aliphatic heterocycles. The van der Waals surface area contributed by atoms with Crippen molar-refractivity contribution < 1.29 is 27.9 Å². The number of halogens is 3. The third-order valence-electron chi connectivity index (χ3n) is 7.09. The Balaban J connectivity index is 1.29. The number of imidazole rings is 1. The molecule has 0 aliphatic carbocycles. The van der Waals surface area contributed by atoms with E-state index >= 15 is 0 Å². The zero-order chi connectivity index (χ0) is 31.4. The van der Waals surface area contributed by atoms with Gasteiger partial charge in [0, 0.05) is 49.5 Å². The van der Waals surface area contributed by atoms with Crippen LogP contribution in [0.15, 0.2) is 43.0 Å². The maximum absolute atomic E-state index is 13.7. The summed E-state index contributed by atoms with van der Waals surface area (Å²) in [6, 6.07) is 6.43. The fourth-order valence-electron chi connectivity index (χ4n) is 5.00. The first-order valence-corrected chi connectivity index (χ1v) is 13.8. The molecular formula is C28H29F3N10O3. The Kier molecular flexibility index (Phi) is 8.78. The number of nitriles is 1. The second-order valence-corrected chi connectivity index (χ2v) is 10.1. The van der Waals surface area contributed by atoms with Gasteiger partial charge in [0.15, 0.2) is 17.2 Å². The van der Waals surface area contributed by atoms with Gasteiger partial charge < -0.3 is 26.4 Å². The van der Waals surface area contributed by atoms with E-state index in [1.807, 2.05) is 6.92 Å². The number of carbonyl (C=O) groups is 2. The number of benzene rings is 1. The largest absolute Gasteiger partial charge is 0.435 e. The van der Waals surface area contributed by atoms with E-state index < -0.39 is 24.0 Å². The lowest BCUT2D eigenvalue weighted by Crippen LogP contribution is -2.43. The van der Waals surface area contributed by atoms with E-state index in [1.54, 1.807) is 24.3 Å². The molecule has 0 bridgehead atoms. The van der Waals surface area contributed by atoms with Crippen LogP contribution in [0.25, 0.3) is 16.9 Å². The average molecular weight is 611 g/mol. The standard InChI is InChI=1S/C28H29F3N10O3/c1-2-16-11-17(3-4-19(16)26(43)34-6-7-35-27(44)21-12-18(42)13-36-21)38-24-25-37-14-22(41(25)10-8-33-24)20-15-40(9-5-32)39-23(20)28(29,30)31/h3-4,8,10-11,14-15,18,21,36,42H,2,6-7,9,12-13H2,1H3,(H,33,38)(H,34,43)(H,35,44). The minimum atomic E-state index is -4.75. The van der Waals surface area contributed by atoms with Crippen LogP contribution in [-0.2, 0) is 23.9 Å². The van der Waals surface area contributed by atoms with E-state index in [1.165, 1.54) is 23.0 Å². The summed E-state index contributed by atoms with van der Waals surface area (Å²) in [7, 11) is 0. The smallest absolute Gasteiger partial charge is 0.392 e. The first kappa shape index (κ1) is 30.4. The third-order valence-corrected chi connectivity index (χ3v) is 7.09. The van der Waals surface area contributed by atoms with Gasteiger partial charge in [0.05, 0.1) is 35.7 Å². The maximum atomic E-state index is 13.7. The summed E-state index contributed by atoms with van der Waals surface area (Å²) >= 11 is 0. The maximum Gasteiger partial charge on any atom is 0.435 e. The van der Waals surface area contributed by atoms with Gasteiger partial charge in [-0.1, -0.05) is 6.92 Å². The molecule has 230 valence electrons. The van der Waals surface area contributed by atoms with Gasteiger partial charge in [-0.3, -0.25) is 18.7 Å². The second-order valence-electron chi connectivity index (χ2n) is 10.1. The van der Waals surface area contributed by atoms with Crippen molar-refractivity contribution >= 4 is 29.0 Å². The summed E-state index contributed by atoms with van der Waals surface area (Å²) < 4.78 is 43.6. The SMILES string of the molecule is CCc1cc(Nc2nccn3c(-c4cn(CC#N)nc4C(F)(F)F)cnc23)ccc1C(=O)NCCNC(=O)C1CC(O)CN1. The highest BCUT2D eigenvalue weighted by atomic mass is 19.4. The first-order valence-electron chi connectivity index (χ1n) is 13.8. The van der Waals surface area contributed by atoms with Gasteiger partial charge in [-0.05, 0) is 36.6 Å². The summed E-state index contributed by atoms with van der Waals surface area (Å²) in [5.74, 6) is -0.271. The number of anilines is 2. The number of alkyl halides is 3. The molecule has 2 amide bonds. The molecule has 1 aromatic carbocycles. The van der Waals surface area contributed by atoms with Gasteiger partial charge in [-0.15, -0.1) is 0 Å². The molecule has 0 radical (unpaired) electrons. The van der Waals surface area contributed by atoms with Crippen molar-refractivity contribution in [1.29, 1.82) is 5.26 Å². The van der Waals surface area contributed by atoms with Crippen molar-refractivity contribution in [3.8, 4) is 17.3 Å². The van der Waals surface area contributed by atoms with Crippen LogP contribution in [0, 0.1) is 11.3 Å². The molecule has 5 N–H and O–H groups in total. The summed E-state index contributed by atoms with van der Waals surface area (Å²) in [4.78, 5) is 33.6. The van der Waals surface area contributed by atoms with E-state index in [0.29, 0.717) is 30.6 Å². The molecule has 2 atom stereocenters. The Morgan fingerprint density at radius 3 is 2.73 bits per heavy atom. The minimum Gasteiger partial charge on any atom is -0.392 e. The van der Waals surface area contributed by atoms with Crippen molar-refractivity contribution in [2.45, 2.75) is 44.6 Å². The van der Waals surface area contributed by atoms with Gasteiger partial charge >= 0.3 is 6.18 Å². The molecular weight excluding hydrogens is 581 g/mol. The molecule has 1 fully saturated rings. The molecule has 2 unspecified atom stereocenters. The minimum absolute atomic E-state index is 0.122. The predicted octanol–water partition coefficient (Wildman–Crippen LogP) is 2.01. The van der Waals surface area contributed by atoms with Crippen molar-refractivity contribution in [3.63, 3.8) is 0 Å². The summed E-state index contributed by atoms with van der Waals surface area (Å²) in [6.07, 6.45) is 0.921. The van der Waals surface area contributed by atoms with E-state index in [9.17, 15) is 27.9 Å². The zero-order valence-corrected chi connectivity index (χ0v) is 23.5. The Morgan fingerprint density at radius 2 is 2.02 bits per heavy atom. The van der Waals surface area contributed by atoms with E-state index in [-0.39, 0.29) is 54.2 Å². The fourth-order valence-corrected chi connectivity index (χ4v) is 5.00. The molecule has 0 spiro atoms. The molecule has 5 rings (SSSR count). The molecule has 0 saturated carbocycles. The highest BCUT2D eigenvalue weighted by Crippen LogP contribution is 2.37. The second kappa shape index (κ2) is 12.7. The van der Waals surface area contributed by atoms with E-state index in [2.05, 4.69) is 36.3 Å². The summed E-state index contributed by atoms with van der Waals surface area (Å²) in [5, 5.41) is 33.6. The first-order chi connectivity index (χ1) is 21.1. The Bertz CT molecular complexity index is 1730. The van der Waals surface area contributed by atoms with Crippen LogP contribution in [0.1, 0.15) is 35.0 Å². The molecule has 13 nitrogen and oxygen atoms in total. The van der Waals surface area contributed by atoms with Crippen LogP contribution < -0.4 is 21.3 Å². The monoisotopic (exact) mass is 610 g/mol. The van der Waals surface area contributed by atoms with Crippen LogP contribution in [-0.4, -0.2) is 72.9 Å². The number of fused-ring (bicyclic) bond motifs is 1. The zero-order valence-electron chi connectivity index (χ0n) is 23.5. The number of nitrogens with one attached hydrogen (secondary N) is 4. The number of aryl methyl sites for hydroxylation is 1. The van der Waals surface area contributed by atoms with E-state index in [0.717, 1.165) is 16.4 Å². The lowest BCUT2D eigenvalue weighted by Gasteiger charge is -2.14. The fraction of sp³-hybridized carbons (Fsp3) is 0.357. The number of β-amino-alcohol motifs (C(OH)–C–C–N with tert-alkyl or cyclic N) is 1. The molecule has 3 aromatic heterocycles. The van der Waals surface area contributed by atoms with Crippen LogP contribution in [0.4, 0.5) is 24.7 Å². The highest BCUT2D eigenvalue weighted by Gasteiger charge is 2.38. The number of amides is 2. The topological polar surface area (TPSA) is 174 Å². The number of aliphatic hydroxyl groups is 1. The molecule has 44 heavy (non-hydrogen) atoms. The lowest BCUT2D eigenvalue weighted by molar-refractivity contribution is -0.141. The normalized spacial score (nSPS) is 16.5. The Hall–Kier alpha value is -5.01. The molecule has 1 aliphatic rings. The number of aliphatic hydroxyl groups excluding tert-OH is 1. The number of hydrogen-bond acceptors (Lipinski definition) is 9. The number of hydrogen-bond donors (Lipinski definition) is 5. The van der Waals surface area contributed by atoms with Crippen molar-refractivity contribution in [1.82, 2.24) is 40.1 Å². The van der Waals surface area contributed by atoms with Gasteiger partial charge in [-0.2, -0.15) is 23.5 Å². The van der Waals surface area contributed by atoms with Crippen molar-refractivity contribution in [2.24, 2.45) is 0 Å². The van der Waals surface area contributed by atoms with Crippen LogP contribution >= 0.6 is 0 Å². The predicted molar refractivity (Wildman–Crippen MR) is 152 cm³/mol. The van der Waals surface area contributed by atoms with Crippen LogP contribution in [0.3, 0.4) is 0 Å². The van der Waals surface area contributed by atoms with Gasteiger partial charge in [0.2, 0.25) is 5.91 Å². The molecule has 4 aromatic rings. The van der Waals surface area contributed by atoms with Gasteiger partial charge in [0.1, 0.15) is 6.54 Å². The Labute approximate surface area is 249 Å². The number of aromatic nitrogens is 5. The summed E-state index contributed by atoms with van der Waals surface area (Å²) in [5.41, 5.74) is 0.791. The number of nitrogens with zero attached hydrogens (tertiary/aromatic N) is 6. The van der Waals surface area contributed by atoms with E-state index in [4.69, 9.17) is 5.26 Å². The highest BCUT2D eigenvalue weighted by molar-refractivity contribution is 5.96. The Morgan fingerprint density at radius 1 is 1.23 bits per heavy atom. The number of carbonyl (C=O) groups excluding carboxylic acids is 2. The van der Waals surface area contributed by atoms with Gasteiger partial charge in [-0.25, -0.2) is 9.97 Å². The van der Waals surface area contributed by atoms with Crippen LogP contribution in [0.5, 0.6) is 0 Å². The lowest BCUT2D eigenvalue weighted by atomic mass is 10.0.